The molecule has 27 heavy (non-hydrogen) atoms. The zero-order valence-corrected chi connectivity index (χ0v) is 15.7. The van der Waals surface area contributed by atoms with Crippen molar-refractivity contribution >= 4 is 16.9 Å². The van der Waals surface area contributed by atoms with E-state index in [9.17, 15) is 4.79 Å². The lowest BCUT2D eigenvalue weighted by Crippen LogP contribution is -2.36. The van der Waals surface area contributed by atoms with Crippen molar-refractivity contribution in [2.75, 3.05) is 13.1 Å². The molecule has 4 rings (SSSR count). The molecule has 1 aliphatic rings. The largest absolute Gasteiger partial charge is 0.346 e. The predicted octanol–water partition coefficient (Wildman–Crippen LogP) is 2.23. The van der Waals surface area contributed by atoms with E-state index in [2.05, 4.69) is 49.9 Å². The molecule has 0 saturated heterocycles. The van der Waals surface area contributed by atoms with E-state index in [1.807, 2.05) is 6.07 Å². The van der Waals surface area contributed by atoms with Crippen LogP contribution in [0.25, 0.3) is 11.0 Å². The highest BCUT2D eigenvalue weighted by molar-refractivity contribution is 5.97. The summed E-state index contributed by atoms with van der Waals surface area (Å²) in [7, 11) is 0. The molecule has 0 atom stereocenters. The molecule has 1 aromatic carbocycles. The summed E-state index contributed by atoms with van der Waals surface area (Å²) in [4.78, 5) is 23.4. The second-order valence-corrected chi connectivity index (χ2v) is 7.42. The Morgan fingerprint density at radius 2 is 1.96 bits per heavy atom. The predicted molar refractivity (Wildman–Crippen MR) is 103 cm³/mol. The Morgan fingerprint density at radius 1 is 1.15 bits per heavy atom. The Kier molecular flexibility index (Phi) is 4.85. The van der Waals surface area contributed by atoms with E-state index in [1.54, 1.807) is 24.5 Å². The van der Waals surface area contributed by atoms with Gasteiger partial charge in [-0.3, -0.25) is 24.3 Å². The Bertz CT molecular complexity index is 964. The lowest BCUT2D eigenvalue weighted by molar-refractivity contribution is 0.0950. The molecular formula is C20H24N6O. The van der Waals surface area contributed by atoms with Crippen molar-refractivity contribution in [1.82, 2.24) is 30.0 Å². The molecule has 2 aromatic heterocycles. The molecule has 0 radical (unpaired) electrons. The van der Waals surface area contributed by atoms with E-state index in [-0.39, 0.29) is 5.91 Å². The fraction of sp³-hybridized carbons (Fsp3) is 0.400. The average molecular weight is 364 g/mol. The molecule has 3 heterocycles. The maximum atomic E-state index is 12.5. The number of benzene rings is 1. The lowest BCUT2D eigenvalue weighted by Gasteiger charge is -2.28. The molecule has 0 saturated carbocycles. The quantitative estimate of drug-likeness (QED) is 0.751. The van der Waals surface area contributed by atoms with E-state index in [0.717, 1.165) is 37.4 Å². The van der Waals surface area contributed by atoms with Gasteiger partial charge in [0.1, 0.15) is 0 Å². The van der Waals surface area contributed by atoms with Crippen LogP contribution in [0.5, 0.6) is 0 Å². The summed E-state index contributed by atoms with van der Waals surface area (Å²) >= 11 is 0. The maximum Gasteiger partial charge on any atom is 0.251 e. The van der Waals surface area contributed by atoms with Crippen LogP contribution >= 0.6 is 0 Å². The Morgan fingerprint density at radius 3 is 2.78 bits per heavy atom. The molecule has 0 spiro atoms. The molecular weight excluding hydrogens is 340 g/mol. The molecule has 0 unspecified atom stereocenters. The van der Waals surface area contributed by atoms with Crippen LogP contribution in [0.2, 0.25) is 0 Å². The van der Waals surface area contributed by atoms with E-state index in [1.165, 1.54) is 5.69 Å². The minimum absolute atomic E-state index is 0.130. The first kappa shape index (κ1) is 17.6. The van der Waals surface area contributed by atoms with Gasteiger partial charge in [-0.25, -0.2) is 0 Å². The van der Waals surface area contributed by atoms with Gasteiger partial charge in [0.2, 0.25) is 0 Å². The second kappa shape index (κ2) is 7.44. The van der Waals surface area contributed by atoms with Crippen molar-refractivity contribution in [3.63, 3.8) is 0 Å². The molecule has 3 aromatic rings. The van der Waals surface area contributed by atoms with Crippen molar-refractivity contribution in [1.29, 1.82) is 0 Å². The van der Waals surface area contributed by atoms with Crippen LogP contribution in [0.3, 0.4) is 0 Å². The standard InChI is InChI=1S/C20H24N6O/c1-14(2)12-25-7-8-26-17(13-25)10-16(24-26)11-23-20(27)15-3-4-18-19(9-15)22-6-5-21-18/h3-6,9-10,14H,7-8,11-13H2,1-2H3,(H,23,27). The molecule has 7 nitrogen and oxygen atoms in total. The number of aromatic nitrogens is 4. The van der Waals surface area contributed by atoms with Gasteiger partial charge in [-0.2, -0.15) is 5.10 Å². The van der Waals surface area contributed by atoms with Gasteiger partial charge in [-0.15, -0.1) is 0 Å². The fourth-order valence-electron chi connectivity index (χ4n) is 3.52. The van der Waals surface area contributed by atoms with Gasteiger partial charge >= 0.3 is 0 Å². The van der Waals surface area contributed by atoms with Gasteiger partial charge in [0.05, 0.1) is 35.5 Å². The van der Waals surface area contributed by atoms with Crippen LogP contribution in [-0.4, -0.2) is 43.6 Å². The van der Waals surface area contributed by atoms with E-state index < -0.39 is 0 Å². The minimum Gasteiger partial charge on any atom is -0.346 e. The van der Waals surface area contributed by atoms with Crippen molar-refractivity contribution in [3.05, 3.63) is 53.6 Å². The van der Waals surface area contributed by atoms with E-state index in [4.69, 9.17) is 0 Å². The highest BCUT2D eigenvalue weighted by Gasteiger charge is 2.19. The lowest BCUT2D eigenvalue weighted by atomic mass is 10.1. The number of nitrogens with zero attached hydrogens (tertiary/aromatic N) is 5. The third-order valence-corrected chi connectivity index (χ3v) is 4.71. The summed E-state index contributed by atoms with van der Waals surface area (Å²) in [5, 5.41) is 7.59. The van der Waals surface area contributed by atoms with Crippen molar-refractivity contribution in [2.24, 2.45) is 5.92 Å². The third-order valence-electron chi connectivity index (χ3n) is 4.71. The van der Waals surface area contributed by atoms with Gasteiger partial charge in [0.25, 0.3) is 5.91 Å². The smallest absolute Gasteiger partial charge is 0.251 e. The number of carbonyl (C=O) groups excluding carboxylic acids is 1. The molecule has 0 fully saturated rings. The summed E-state index contributed by atoms with van der Waals surface area (Å²) in [6.45, 7) is 8.85. The molecule has 1 aliphatic heterocycles. The van der Waals surface area contributed by atoms with Gasteiger partial charge in [-0.05, 0) is 30.2 Å². The van der Waals surface area contributed by atoms with Crippen LogP contribution in [-0.2, 0) is 19.6 Å². The summed E-state index contributed by atoms with van der Waals surface area (Å²) < 4.78 is 2.06. The number of amides is 1. The fourth-order valence-corrected chi connectivity index (χ4v) is 3.52. The molecule has 0 aliphatic carbocycles. The van der Waals surface area contributed by atoms with Crippen LogP contribution in [0.15, 0.2) is 36.7 Å². The van der Waals surface area contributed by atoms with Crippen LogP contribution in [0.4, 0.5) is 0 Å². The average Bonchev–Trinajstić information content (AvgIpc) is 3.07. The van der Waals surface area contributed by atoms with Gasteiger partial charge < -0.3 is 5.32 Å². The number of hydrogen-bond donors (Lipinski definition) is 1. The number of nitrogens with one attached hydrogen (secondary N) is 1. The monoisotopic (exact) mass is 364 g/mol. The molecule has 140 valence electrons. The zero-order valence-electron chi connectivity index (χ0n) is 15.7. The van der Waals surface area contributed by atoms with E-state index in [0.29, 0.717) is 23.5 Å². The zero-order chi connectivity index (χ0) is 18.8. The summed E-state index contributed by atoms with van der Waals surface area (Å²) in [6.07, 6.45) is 3.27. The molecule has 1 amide bonds. The SMILES string of the molecule is CC(C)CN1CCn2nc(CNC(=O)c3ccc4nccnc4c3)cc2C1. The second-order valence-electron chi connectivity index (χ2n) is 7.42. The highest BCUT2D eigenvalue weighted by atomic mass is 16.1. The molecule has 0 bridgehead atoms. The number of rotatable bonds is 5. The van der Waals surface area contributed by atoms with Crippen LogP contribution in [0, 0.1) is 5.92 Å². The highest BCUT2D eigenvalue weighted by Crippen LogP contribution is 2.15. The van der Waals surface area contributed by atoms with Gasteiger partial charge in [0, 0.05) is 37.6 Å². The topological polar surface area (TPSA) is 75.9 Å². The Hall–Kier alpha value is -2.80. The minimum atomic E-state index is -0.130. The van der Waals surface area contributed by atoms with Crippen molar-refractivity contribution < 1.29 is 4.79 Å². The van der Waals surface area contributed by atoms with Gasteiger partial charge in [-0.1, -0.05) is 13.8 Å². The Balaban J connectivity index is 1.40. The summed E-state index contributed by atoms with van der Waals surface area (Å²) in [6, 6.07) is 7.45. The summed E-state index contributed by atoms with van der Waals surface area (Å²) in [5.74, 6) is 0.528. The molecule has 7 heteroatoms. The first-order valence-electron chi connectivity index (χ1n) is 9.35. The number of carbonyl (C=O) groups is 1. The number of hydrogen-bond acceptors (Lipinski definition) is 5. The number of fused-ring (bicyclic) bond motifs is 2. The van der Waals surface area contributed by atoms with Gasteiger partial charge in [0.15, 0.2) is 0 Å². The van der Waals surface area contributed by atoms with Crippen molar-refractivity contribution in [3.8, 4) is 0 Å². The van der Waals surface area contributed by atoms with Crippen LogP contribution in [0.1, 0.15) is 35.6 Å². The van der Waals surface area contributed by atoms with Crippen molar-refractivity contribution in [2.45, 2.75) is 33.5 Å². The normalized spacial score (nSPS) is 14.5. The summed E-state index contributed by atoms with van der Waals surface area (Å²) in [5.41, 5.74) is 4.18. The maximum absolute atomic E-state index is 12.5. The molecule has 1 N–H and O–H groups in total. The third kappa shape index (κ3) is 3.98. The first-order chi connectivity index (χ1) is 13.1. The van der Waals surface area contributed by atoms with E-state index >= 15 is 0 Å². The first-order valence-corrected chi connectivity index (χ1v) is 9.35. The Labute approximate surface area is 158 Å². The van der Waals surface area contributed by atoms with Crippen LogP contribution < -0.4 is 5.32 Å².